The lowest BCUT2D eigenvalue weighted by molar-refractivity contribution is 0.138. The van der Waals surface area contributed by atoms with Crippen LogP contribution < -0.4 is 4.74 Å². The van der Waals surface area contributed by atoms with E-state index in [1.165, 1.54) is 0 Å². The van der Waals surface area contributed by atoms with Gasteiger partial charge in [-0.3, -0.25) is 0 Å². The van der Waals surface area contributed by atoms with Crippen molar-refractivity contribution in [1.29, 1.82) is 0 Å². The molecule has 6 heteroatoms. The van der Waals surface area contributed by atoms with Crippen LogP contribution in [0.15, 0.2) is 48.5 Å². The second kappa shape index (κ2) is 8.03. The van der Waals surface area contributed by atoms with E-state index in [1.807, 2.05) is 24.3 Å². The maximum absolute atomic E-state index is 13.4. The Morgan fingerprint density at radius 2 is 2.04 bits per heavy atom. The molecule has 0 aliphatic heterocycles. The van der Waals surface area contributed by atoms with E-state index in [4.69, 9.17) is 4.74 Å². The van der Waals surface area contributed by atoms with Crippen LogP contribution in [0.2, 0.25) is 0 Å². The van der Waals surface area contributed by atoms with Crippen molar-refractivity contribution in [3.63, 3.8) is 0 Å². The van der Waals surface area contributed by atoms with Crippen LogP contribution in [0.4, 0.5) is 4.39 Å². The minimum Gasteiger partial charge on any atom is -0.474 e. The Morgan fingerprint density at radius 3 is 2.70 bits per heavy atom. The zero-order chi connectivity index (χ0) is 18.6. The van der Waals surface area contributed by atoms with Crippen LogP contribution in [0.5, 0.6) is 5.88 Å². The predicted molar refractivity (Wildman–Crippen MR) is 101 cm³/mol. The number of nitrogens with zero attached hydrogens (tertiary/aromatic N) is 4. The van der Waals surface area contributed by atoms with Crippen molar-refractivity contribution in [3.8, 4) is 5.88 Å². The van der Waals surface area contributed by atoms with Crippen molar-refractivity contribution < 1.29 is 9.13 Å². The maximum Gasteiger partial charge on any atom is 0.213 e. The summed E-state index contributed by atoms with van der Waals surface area (Å²) in [4.78, 5) is 4.25. The molecule has 142 valence electrons. The van der Waals surface area contributed by atoms with Gasteiger partial charge in [0.2, 0.25) is 5.88 Å². The molecule has 2 heterocycles. The summed E-state index contributed by atoms with van der Waals surface area (Å²) in [7, 11) is 0. The summed E-state index contributed by atoms with van der Waals surface area (Å²) in [6.45, 7) is 2.09. The first kappa shape index (κ1) is 17.9. The summed E-state index contributed by atoms with van der Waals surface area (Å²) < 4.78 is 21.6. The van der Waals surface area contributed by atoms with Gasteiger partial charge < -0.3 is 9.30 Å². The lowest BCUT2D eigenvalue weighted by atomic mass is 9.86. The summed E-state index contributed by atoms with van der Waals surface area (Å²) in [5.74, 6) is 2.91. The quantitative estimate of drug-likeness (QED) is 0.768. The highest BCUT2D eigenvalue weighted by Gasteiger charge is 2.30. The molecule has 0 N–H and O–H groups in total. The molecule has 0 spiro atoms. The average molecular weight is 368 g/mol. The smallest absolute Gasteiger partial charge is 0.213 e. The standard InChI is InChI=1S/C21H25FN4O/c1-2-19-24-25-21(26(19)17-10-8-16(22)9-11-17)15-6-12-18(13-7-15)27-20-5-3-4-14-23-20/h3-5,8-10,14-15,17-18H,2,6-7,11-13H2,1H3. The van der Waals surface area contributed by atoms with Crippen molar-refractivity contribution in [1.82, 2.24) is 19.7 Å². The highest BCUT2D eigenvalue weighted by molar-refractivity contribution is 5.21. The van der Waals surface area contributed by atoms with Crippen molar-refractivity contribution in [2.24, 2.45) is 0 Å². The fourth-order valence-electron chi connectivity index (χ4n) is 4.02. The highest BCUT2D eigenvalue weighted by Crippen LogP contribution is 2.36. The van der Waals surface area contributed by atoms with Crippen LogP contribution in [-0.2, 0) is 6.42 Å². The van der Waals surface area contributed by atoms with Gasteiger partial charge in [-0.1, -0.05) is 19.1 Å². The van der Waals surface area contributed by atoms with Crippen molar-refractivity contribution in [3.05, 3.63) is 60.1 Å². The van der Waals surface area contributed by atoms with Crippen molar-refractivity contribution in [2.75, 3.05) is 0 Å². The molecule has 0 radical (unpaired) electrons. The van der Waals surface area contributed by atoms with E-state index in [-0.39, 0.29) is 18.0 Å². The predicted octanol–water partition coefficient (Wildman–Crippen LogP) is 4.70. The largest absolute Gasteiger partial charge is 0.474 e. The minimum atomic E-state index is -0.161. The summed E-state index contributed by atoms with van der Waals surface area (Å²) in [6, 6.07) is 5.84. The van der Waals surface area contributed by atoms with E-state index < -0.39 is 0 Å². The third kappa shape index (κ3) is 3.94. The summed E-state index contributed by atoms with van der Waals surface area (Å²) in [6.07, 6.45) is 12.5. The molecule has 2 aromatic rings. The zero-order valence-electron chi connectivity index (χ0n) is 15.6. The van der Waals surface area contributed by atoms with Gasteiger partial charge >= 0.3 is 0 Å². The topological polar surface area (TPSA) is 52.8 Å². The molecular weight excluding hydrogens is 343 g/mol. The lowest BCUT2D eigenvalue weighted by Gasteiger charge is -2.30. The molecule has 0 amide bonds. The Bertz CT molecular complexity index is 822. The monoisotopic (exact) mass is 368 g/mol. The van der Waals surface area contributed by atoms with Gasteiger partial charge in [-0.15, -0.1) is 10.2 Å². The molecule has 4 rings (SSSR count). The van der Waals surface area contributed by atoms with Gasteiger partial charge in [0.05, 0.1) is 6.04 Å². The Hall–Kier alpha value is -2.50. The maximum atomic E-state index is 13.4. The molecule has 2 aliphatic rings. The molecule has 2 aromatic heterocycles. The van der Waals surface area contributed by atoms with Gasteiger partial charge in [0.1, 0.15) is 23.6 Å². The number of aryl methyl sites for hydroxylation is 1. The second-order valence-electron chi connectivity index (χ2n) is 7.21. The van der Waals surface area contributed by atoms with Crippen molar-refractivity contribution in [2.45, 2.75) is 63.5 Å². The number of ether oxygens (including phenoxy) is 1. The first-order chi connectivity index (χ1) is 13.2. The third-order valence-corrected chi connectivity index (χ3v) is 5.44. The van der Waals surface area contributed by atoms with Crippen LogP contribution in [0.1, 0.15) is 62.6 Å². The van der Waals surface area contributed by atoms with Gasteiger partial charge in [-0.25, -0.2) is 9.37 Å². The molecular formula is C21H25FN4O. The Balaban J connectivity index is 1.45. The highest BCUT2D eigenvalue weighted by atomic mass is 19.1. The molecule has 0 saturated heterocycles. The van der Waals surface area contributed by atoms with Crippen LogP contribution in [0.25, 0.3) is 0 Å². The van der Waals surface area contributed by atoms with Gasteiger partial charge in [0, 0.05) is 24.6 Å². The number of rotatable bonds is 5. The fraction of sp³-hybridized carbons (Fsp3) is 0.476. The van der Waals surface area contributed by atoms with E-state index in [9.17, 15) is 4.39 Å². The van der Waals surface area contributed by atoms with Gasteiger partial charge in [0.15, 0.2) is 0 Å². The van der Waals surface area contributed by atoms with E-state index >= 15 is 0 Å². The van der Waals surface area contributed by atoms with E-state index in [2.05, 4.69) is 26.7 Å². The Morgan fingerprint density at radius 1 is 1.19 bits per heavy atom. The molecule has 1 fully saturated rings. The van der Waals surface area contributed by atoms with Crippen LogP contribution in [0.3, 0.4) is 0 Å². The minimum absolute atomic E-state index is 0.104. The van der Waals surface area contributed by atoms with E-state index in [1.54, 1.807) is 18.3 Å². The van der Waals surface area contributed by atoms with Gasteiger partial charge in [-0.2, -0.15) is 0 Å². The lowest BCUT2D eigenvalue weighted by Crippen LogP contribution is -2.26. The SMILES string of the molecule is CCc1nnc(C2CCC(Oc3ccccn3)CC2)n1C1C=CC(F)=CC1. The number of allylic oxidation sites excluding steroid dienone is 4. The second-order valence-corrected chi connectivity index (χ2v) is 7.21. The van der Waals surface area contributed by atoms with Crippen LogP contribution in [-0.4, -0.2) is 25.9 Å². The molecule has 1 atom stereocenters. The van der Waals surface area contributed by atoms with Crippen LogP contribution >= 0.6 is 0 Å². The van der Waals surface area contributed by atoms with E-state index in [0.29, 0.717) is 18.2 Å². The summed E-state index contributed by atoms with van der Waals surface area (Å²) >= 11 is 0. The summed E-state index contributed by atoms with van der Waals surface area (Å²) in [5, 5.41) is 8.94. The number of hydrogen-bond donors (Lipinski definition) is 0. The summed E-state index contributed by atoms with van der Waals surface area (Å²) in [5.41, 5.74) is 0. The molecule has 2 aliphatic carbocycles. The molecule has 1 unspecified atom stereocenters. The fourth-order valence-corrected chi connectivity index (χ4v) is 4.02. The zero-order valence-corrected chi connectivity index (χ0v) is 15.6. The van der Waals surface area contributed by atoms with Crippen LogP contribution in [0, 0.1) is 0 Å². The Labute approximate surface area is 159 Å². The molecule has 0 bridgehead atoms. The number of aromatic nitrogens is 4. The van der Waals surface area contributed by atoms with Gasteiger partial charge in [0.25, 0.3) is 0 Å². The molecule has 5 nitrogen and oxygen atoms in total. The molecule has 1 saturated carbocycles. The molecule has 27 heavy (non-hydrogen) atoms. The Kier molecular flexibility index (Phi) is 5.32. The molecule has 0 aromatic carbocycles. The average Bonchev–Trinajstić information content (AvgIpc) is 3.14. The number of halogens is 1. The first-order valence-corrected chi connectivity index (χ1v) is 9.79. The number of pyridine rings is 1. The van der Waals surface area contributed by atoms with E-state index in [0.717, 1.165) is 43.8 Å². The number of hydrogen-bond acceptors (Lipinski definition) is 4. The first-order valence-electron chi connectivity index (χ1n) is 9.79. The van der Waals surface area contributed by atoms with Crippen molar-refractivity contribution >= 4 is 0 Å². The third-order valence-electron chi connectivity index (χ3n) is 5.44. The normalized spacial score (nSPS) is 25.3. The van der Waals surface area contributed by atoms with Gasteiger partial charge in [-0.05, 0) is 50.3 Å².